The standard InChI is InChI=1S/C9H15FO3.C4H3NO2/c1-7(2)12-5-4-8(3)9(11)13-6-10;1-3(2-5)4(6)7/h7H,3-6H2,1-2H3;1H2,(H,6,7). The highest BCUT2D eigenvalue weighted by Crippen LogP contribution is 2.02. The molecule has 1 N–H and O–H groups in total. The number of alkyl halides is 1. The fourth-order valence-electron chi connectivity index (χ4n) is 0.719. The summed E-state index contributed by atoms with van der Waals surface area (Å²) in [5.41, 5.74) is -0.196. The van der Waals surface area contributed by atoms with Crippen LogP contribution in [-0.4, -0.2) is 36.6 Å². The molecule has 112 valence electrons. The van der Waals surface area contributed by atoms with Crippen LogP contribution in [0.25, 0.3) is 0 Å². The van der Waals surface area contributed by atoms with Crippen molar-refractivity contribution in [3.63, 3.8) is 0 Å². The van der Waals surface area contributed by atoms with Gasteiger partial charge >= 0.3 is 11.9 Å². The molecule has 7 heteroatoms. The Morgan fingerprint density at radius 1 is 1.40 bits per heavy atom. The molecule has 0 unspecified atom stereocenters. The number of hydrogen-bond donors (Lipinski definition) is 1. The fourth-order valence-corrected chi connectivity index (χ4v) is 0.719. The van der Waals surface area contributed by atoms with E-state index in [2.05, 4.69) is 17.9 Å². The molecule has 0 fully saturated rings. The van der Waals surface area contributed by atoms with E-state index >= 15 is 0 Å². The molecule has 0 aliphatic heterocycles. The van der Waals surface area contributed by atoms with Crippen LogP contribution < -0.4 is 0 Å². The molecule has 0 amide bonds. The van der Waals surface area contributed by atoms with E-state index in [1.54, 1.807) is 0 Å². The summed E-state index contributed by atoms with van der Waals surface area (Å²) in [6.07, 6.45) is 0.488. The molecule has 0 aromatic rings. The van der Waals surface area contributed by atoms with Crippen LogP contribution in [0, 0.1) is 11.3 Å². The van der Waals surface area contributed by atoms with Crippen LogP contribution in [-0.2, 0) is 19.1 Å². The van der Waals surface area contributed by atoms with Gasteiger partial charge in [0.25, 0.3) is 0 Å². The SMILES string of the molecule is C=C(C#N)C(=O)O.C=C(CCOC(C)C)C(=O)OCF. The lowest BCUT2D eigenvalue weighted by Crippen LogP contribution is -2.10. The van der Waals surface area contributed by atoms with Gasteiger partial charge in [-0.15, -0.1) is 0 Å². The molecule has 0 heterocycles. The highest BCUT2D eigenvalue weighted by atomic mass is 19.1. The number of carboxylic acid groups (broad SMARTS) is 1. The van der Waals surface area contributed by atoms with Crippen molar-refractivity contribution in [2.24, 2.45) is 0 Å². The van der Waals surface area contributed by atoms with Gasteiger partial charge in [0.2, 0.25) is 6.86 Å². The predicted octanol–water partition coefficient (Wildman–Crippen LogP) is 1.98. The van der Waals surface area contributed by atoms with E-state index in [1.807, 2.05) is 13.8 Å². The lowest BCUT2D eigenvalue weighted by molar-refractivity contribution is -0.143. The van der Waals surface area contributed by atoms with Crippen molar-refractivity contribution >= 4 is 11.9 Å². The van der Waals surface area contributed by atoms with Gasteiger partial charge < -0.3 is 14.6 Å². The molecule has 0 aromatic carbocycles. The summed E-state index contributed by atoms with van der Waals surface area (Å²) in [5, 5.41) is 15.6. The highest BCUT2D eigenvalue weighted by molar-refractivity contribution is 5.90. The fraction of sp³-hybridized carbons (Fsp3) is 0.462. The molecule has 0 aromatic heterocycles. The molecule has 0 saturated heterocycles. The quantitative estimate of drug-likeness (QED) is 0.437. The summed E-state index contributed by atoms with van der Waals surface area (Å²) in [4.78, 5) is 20.4. The molecular formula is C13H18FNO5. The molecular weight excluding hydrogens is 269 g/mol. The first-order valence-electron chi connectivity index (χ1n) is 5.61. The third kappa shape index (κ3) is 12.3. The van der Waals surface area contributed by atoms with Crippen LogP contribution in [0.4, 0.5) is 4.39 Å². The lowest BCUT2D eigenvalue weighted by Gasteiger charge is -2.07. The molecule has 0 aliphatic rings. The number of halogens is 1. The zero-order valence-electron chi connectivity index (χ0n) is 11.5. The van der Waals surface area contributed by atoms with Crippen molar-refractivity contribution in [1.82, 2.24) is 0 Å². The second-order valence-electron chi connectivity index (χ2n) is 3.71. The number of carboxylic acids is 1. The van der Waals surface area contributed by atoms with E-state index in [4.69, 9.17) is 15.1 Å². The number of rotatable bonds is 7. The summed E-state index contributed by atoms with van der Waals surface area (Å²) in [6.45, 7) is 9.44. The third-order valence-corrected chi connectivity index (χ3v) is 1.72. The zero-order chi connectivity index (χ0) is 16.1. The first-order valence-corrected chi connectivity index (χ1v) is 5.61. The van der Waals surface area contributed by atoms with Crippen LogP contribution in [0.2, 0.25) is 0 Å². The highest BCUT2D eigenvalue weighted by Gasteiger charge is 2.07. The topological polar surface area (TPSA) is 96.6 Å². The number of aliphatic carboxylic acids is 1. The maximum Gasteiger partial charge on any atom is 0.345 e. The lowest BCUT2D eigenvalue weighted by atomic mass is 10.2. The Kier molecular flexibility index (Phi) is 11.9. The zero-order valence-corrected chi connectivity index (χ0v) is 11.5. The molecule has 20 heavy (non-hydrogen) atoms. The molecule has 0 aliphatic carbocycles. The summed E-state index contributed by atoms with van der Waals surface area (Å²) in [5.74, 6) is -1.96. The van der Waals surface area contributed by atoms with E-state index in [-0.39, 0.29) is 11.7 Å². The van der Waals surface area contributed by atoms with Crippen molar-refractivity contribution in [1.29, 1.82) is 5.26 Å². The molecule has 0 spiro atoms. The molecule has 0 bridgehead atoms. The van der Waals surface area contributed by atoms with Gasteiger partial charge in [0.05, 0.1) is 12.7 Å². The number of nitrogens with zero attached hydrogens (tertiary/aromatic N) is 1. The van der Waals surface area contributed by atoms with E-state index in [0.717, 1.165) is 0 Å². The van der Waals surface area contributed by atoms with Gasteiger partial charge in [0.15, 0.2) is 0 Å². The smallest absolute Gasteiger partial charge is 0.345 e. The number of carbonyl (C=O) groups is 2. The van der Waals surface area contributed by atoms with Crippen LogP contribution in [0.15, 0.2) is 24.3 Å². The summed E-state index contributed by atoms with van der Waals surface area (Å²) >= 11 is 0. The number of esters is 1. The molecule has 0 atom stereocenters. The van der Waals surface area contributed by atoms with Crippen molar-refractivity contribution in [2.45, 2.75) is 26.4 Å². The average Bonchev–Trinajstić information content (AvgIpc) is 2.38. The Morgan fingerprint density at radius 2 is 1.95 bits per heavy atom. The minimum Gasteiger partial charge on any atom is -0.477 e. The van der Waals surface area contributed by atoms with Gasteiger partial charge in [-0.3, -0.25) is 0 Å². The van der Waals surface area contributed by atoms with Crippen LogP contribution in [0.3, 0.4) is 0 Å². The molecule has 6 nitrogen and oxygen atoms in total. The van der Waals surface area contributed by atoms with Crippen molar-refractivity contribution in [3.05, 3.63) is 24.3 Å². The van der Waals surface area contributed by atoms with E-state index in [0.29, 0.717) is 13.0 Å². The summed E-state index contributed by atoms with van der Waals surface area (Å²) in [7, 11) is 0. The van der Waals surface area contributed by atoms with Crippen LogP contribution in [0.1, 0.15) is 20.3 Å². The maximum absolute atomic E-state index is 11.5. The minimum absolute atomic E-state index is 0.116. The number of ether oxygens (including phenoxy) is 2. The van der Waals surface area contributed by atoms with E-state index in [9.17, 15) is 14.0 Å². The Bertz CT molecular complexity index is 398. The molecule has 0 rings (SSSR count). The molecule has 0 saturated carbocycles. The largest absolute Gasteiger partial charge is 0.477 e. The van der Waals surface area contributed by atoms with Gasteiger partial charge in [-0.1, -0.05) is 13.2 Å². The van der Waals surface area contributed by atoms with Crippen LogP contribution >= 0.6 is 0 Å². The maximum atomic E-state index is 11.5. The van der Waals surface area contributed by atoms with Gasteiger partial charge in [0, 0.05) is 12.0 Å². The van der Waals surface area contributed by atoms with Crippen molar-refractivity contribution in [3.8, 4) is 6.07 Å². The minimum atomic E-state index is -1.26. The Balaban J connectivity index is 0. The number of carbonyl (C=O) groups excluding carboxylic acids is 1. The Morgan fingerprint density at radius 3 is 2.25 bits per heavy atom. The van der Waals surface area contributed by atoms with E-state index < -0.39 is 24.4 Å². The number of nitriles is 1. The van der Waals surface area contributed by atoms with Crippen LogP contribution in [0.5, 0.6) is 0 Å². The number of hydrogen-bond acceptors (Lipinski definition) is 5. The first-order chi connectivity index (χ1) is 9.26. The second kappa shape index (κ2) is 11.9. The van der Waals surface area contributed by atoms with Gasteiger partial charge in [-0.2, -0.15) is 5.26 Å². The predicted molar refractivity (Wildman–Crippen MR) is 69.3 cm³/mol. The van der Waals surface area contributed by atoms with Crippen molar-refractivity contribution in [2.75, 3.05) is 13.5 Å². The normalized spacial score (nSPS) is 8.95. The van der Waals surface area contributed by atoms with Gasteiger partial charge in [-0.25, -0.2) is 14.0 Å². The van der Waals surface area contributed by atoms with E-state index in [1.165, 1.54) is 6.07 Å². The second-order valence-corrected chi connectivity index (χ2v) is 3.71. The Hall–Kier alpha value is -2.20. The Labute approximate surface area is 117 Å². The first kappa shape index (κ1) is 20.1. The molecule has 0 radical (unpaired) electrons. The van der Waals surface area contributed by atoms with Gasteiger partial charge in [0.1, 0.15) is 11.6 Å². The summed E-state index contributed by atoms with van der Waals surface area (Å²) < 4.78 is 20.8. The third-order valence-electron chi connectivity index (χ3n) is 1.72. The van der Waals surface area contributed by atoms with Crippen molar-refractivity contribution < 1.29 is 28.6 Å². The monoisotopic (exact) mass is 287 g/mol. The summed E-state index contributed by atoms with van der Waals surface area (Å²) in [6, 6.07) is 1.37. The average molecular weight is 287 g/mol. The van der Waals surface area contributed by atoms with Gasteiger partial charge in [-0.05, 0) is 13.8 Å².